The summed E-state index contributed by atoms with van der Waals surface area (Å²) in [7, 11) is -3.58. The smallest absolute Gasteiger partial charge is 0.199 e. The van der Waals surface area contributed by atoms with Crippen molar-refractivity contribution in [1.29, 1.82) is 0 Å². The van der Waals surface area contributed by atoms with Gasteiger partial charge in [-0.2, -0.15) is 0 Å². The van der Waals surface area contributed by atoms with Crippen LogP contribution in [0.25, 0.3) is 28.0 Å². The molecule has 0 saturated carbocycles. The molecule has 4 heteroatoms. The molecule has 4 rings (SSSR count). The van der Waals surface area contributed by atoms with E-state index in [4.69, 9.17) is 0 Å². The molecule has 0 atom stereocenters. The fourth-order valence-electron chi connectivity index (χ4n) is 3.41. The van der Waals surface area contributed by atoms with Crippen LogP contribution in [0.4, 0.5) is 0 Å². The van der Waals surface area contributed by atoms with Gasteiger partial charge in [0.2, 0.25) is 0 Å². The number of rotatable bonds is 5. The minimum atomic E-state index is -3.58. The monoisotopic (exact) mass is 398 g/mol. The highest BCUT2D eigenvalue weighted by molar-refractivity contribution is 7.94. The summed E-state index contributed by atoms with van der Waals surface area (Å²) in [6.07, 6.45) is 2.43. The molecule has 4 aromatic rings. The third-order valence-corrected chi connectivity index (χ3v) is 6.24. The second-order valence-corrected chi connectivity index (χ2v) is 8.45. The van der Waals surface area contributed by atoms with Crippen LogP contribution in [0.15, 0.2) is 101 Å². The van der Waals surface area contributed by atoms with Crippen LogP contribution in [0.1, 0.15) is 15.9 Å². The van der Waals surface area contributed by atoms with Crippen LogP contribution in [-0.4, -0.2) is 14.7 Å². The molecule has 0 aliphatic rings. The lowest BCUT2D eigenvalue weighted by Crippen LogP contribution is -1.96. The van der Waals surface area contributed by atoms with E-state index in [1.165, 1.54) is 5.41 Å². The number of fused-ring (bicyclic) bond motifs is 1. The Labute approximate surface area is 169 Å². The summed E-state index contributed by atoms with van der Waals surface area (Å²) in [6.45, 7) is 0. The predicted octanol–water partition coefficient (Wildman–Crippen LogP) is 5.76. The maximum atomic E-state index is 12.7. The zero-order valence-corrected chi connectivity index (χ0v) is 16.3. The van der Waals surface area contributed by atoms with Gasteiger partial charge < -0.3 is 0 Å². The third kappa shape index (κ3) is 3.75. The molecular weight excluding hydrogens is 380 g/mol. The largest absolute Gasteiger partial charge is 0.298 e. The van der Waals surface area contributed by atoms with Crippen LogP contribution in [-0.2, 0) is 9.84 Å². The maximum absolute atomic E-state index is 12.7. The SMILES string of the molecule is O=Cc1ccccc1-c1c(/C=C/S(=O)(=O)c2ccccc2)ccc2ccccc12. The first-order valence-corrected chi connectivity index (χ1v) is 10.7. The van der Waals surface area contributed by atoms with E-state index in [1.807, 2.05) is 54.6 Å². The molecule has 0 aliphatic carbocycles. The number of carbonyl (C=O) groups excluding carboxylic acids is 1. The van der Waals surface area contributed by atoms with Crippen LogP contribution in [0.5, 0.6) is 0 Å². The Bertz CT molecular complexity index is 1320. The van der Waals surface area contributed by atoms with Crippen molar-refractivity contribution >= 4 is 33.0 Å². The van der Waals surface area contributed by atoms with Gasteiger partial charge >= 0.3 is 0 Å². The second-order valence-electron chi connectivity index (χ2n) is 6.62. The Kier molecular flexibility index (Phi) is 5.10. The van der Waals surface area contributed by atoms with Crippen molar-refractivity contribution in [3.63, 3.8) is 0 Å². The molecule has 0 amide bonds. The van der Waals surface area contributed by atoms with Gasteiger partial charge in [0.15, 0.2) is 16.1 Å². The van der Waals surface area contributed by atoms with E-state index in [2.05, 4.69) is 0 Å². The molecule has 0 radical (unpaired) electrons. The minimum absolute atomic E-state index is 0.242. The standard InChI is InChI=1S/C25H18O3S/c26-18-21-9-5-7-13-24(21)25-20(15-14-19-8-4-6-12-23(19)25)16-17-29(27,28)22-10-2-1-3-11-22/h1-18H/b17-16+. The van der Waals surface area contributed by atoms with Crippen molar-refractivity contribution in [2.24, 2.45) is 0 Å². The van der Waals surface area contributed by atoms with E-state index < -0.39 is 9.84 Å². The molecule has 0 aromatic heterocycles. The molecule has 0 saturated heterocycles. The molecule has 4 aromatic carbocycles. The first-order valence-electron chi connectivity index (χ1n) is 9.15. The van der Waals surface area contributed by atoms with E-state index in [0.717, 1.165) is 33.7 Å². The van der Waals surface area contributed by atoms with Crippen LogP contribution in [0.2, 0.25) is 0 Å². The number of hydrogen-bond donors (Lipinski definition) is 0. The molecule has 0 fully saturated rings. The average Bonchev–Trinajstić information content (AvgIpc) is 2.78. The van der Waals surface area contributed by atoms with E-state index in [0.29, 0.717) is 5.56 Å². The van der Waals surface area contributed by atoms with Gasteiger partial charge in [0.25, 0.3) is 0 Å². The van der Waals surface area contributed by atoms with Gasteiger partial charge in [-0.25, -0.2) is 8.42 Å². The van der Waals surface area contributed by atoms with Gasteiger partial charge in [0.05, 0.1) is 4.90 Å². The Hall–Kier alpha value is -3.50. The van der Waals surface area contributed by atoms with E-state index in [9.17, 15) is 13.2 Å². The summed E-state index contributed by atoms with van der Waals surface area (Å²) in [5, 5.41) is 3.20. The molecular formula is C25H18O3S. The quantitative estimate of drug-likeness (QED) is 0.401. The highest BCUT2D eigenvalue weighted by Gasteiger charge is 2.14. The zero-order valence-electron chi connectivity index (χ0n) is 15.5. The Balaban J connectivity index is 1.93. The minimum Gasteiger partial charge on any atom is -0.298 e. The number of benzene rings is 4. The molecule has 3 nitrogen and oxygen atoms in total. The summed E-state index contributed by atoms with van der Waals surface area (Å²) in [5.74, 6) is 0. The van der Waals surface area contributed by atoms with Crippen molar-refractivity contribution < 1.29 is 13.2 Å². The molecule has 0 heterocycles. The number of sulfone groups is 1. The first-order chi connectivity index (χ1) is 14.1. The van der Waals surface area contributed by atoms with Crippen molar-refractivity contribution in [2.75, 3.05) is 0 Å². The van der Waals surface area contributed by atoms with E-state index >= 15 is 0 Å². The van der Waals surface area contributed by atoms with Crippen molar-refractivity contribution in [1.82, 2.24) is 0 Å². The molecule has 0 spiro atoms. The molecule has 0 bridgehead atoms. The second kappa shape index (κ2) is 7.86. The van der Waals surface area contributed by atoms with Crippen LogP contribution in [0, 0.1) is 0 Å². The van der Waals surface area contributed by atoms with Crippen molar-refractivity contribution in [3.8, 4) is 11.1 Å². The van der Waals surface area contributed by atoms with Crippen LogP contribution >= 0.6 is 0 Å². The normalized spacial score (nSPS) is 11.7. The summed E-state index contributed by atoms with van der Waals surface area (Å²) >= 11 is 0. The first kappa shape index (κ1) is 18.8. The van der Waals surface area contributed by atoms with Crippen LogP contribution < -0.4 is 0 Å². The van der Waals surface area contributed by atoms with Gasteiger partial charge in [0.1, 0.15) is 0 Å². The fraction of sp³-hybridized carbons (Fsp3) is 0. The fourth-order valence-corrected chi connectivity index (χ4v) is 4.43. The predicted molar refractivity (Wildman–Crippen MR) is 117 cm³/mol. The molecule has 142 valence electrons. The Morgan fingerprint density at radius 2 is 1.34 bits per heavy atom. The topological polar surface area (TPSA) is 51.2 Å². The Morgan fingerprint density at radius 1 is 0.655 bits per heavy atom. The average molecular weight is 398 g/mol. The van der Waals surface area contributed by atoms with Crippen molar-refractivity contribution in [3.05, 3.63) is 108 Å². The van der Waals surface area contributed by atoms with Gasteiger partial charge in [-0.1, -0.05) is 78.9 Å². The van der Waals surface area contributed by atoms with Gasteiger partial charge in [-0.05, 0) is 45.7 Å². The molecule has 0 unspecified atom stereocenters. The Morgan fingerprint density at radius 3 is 2.14 bits per heavy atom. The van der Waals surface area contributed by atoms with Gasteiger partial charge in [-0.3, -0.25) is 4.79 Å². The van der Waals surface area contributed by atoms with Gasteiger partial charge in [-0.15, -0.1) is 0 Å². The molecule has 0 aliphatic heterocycles. The zero-order chi connectivity index (χ0) is 20.3. The lowest BCUT2D eigenvalue weighted by atomic mass is 9.91. The number of aldehydes is 1. The van der Waals surface area contributed by atoms with E-state index in [1.54, 1.807) is 42.5 Å². The van der Waals surface area contributed by atoms with Crippen LogP contribution in [0.3, 0.4) is 0 Å². The molecule has 29 heavy (non-hydrogen) atoms. The summed E-state index contributed by atoms with van der Waals surface area (Å²) in [6, 6.07) is 27.4. The lowest BCUT2D eigenvalue weighted by molar-refractivity contribution is 0.112. The third-order valence-electron chi connectivity index (χ3n) is 4.82. The molecule has 0 N–H and O–H groups in total. The summed E-state index contributed by atoms with van der Waals surface area (Å²) in [5.41, 5.74) is 2.91. The number of hydrogen-bond acceptors (Lipinski definition) is 3. The van der Waals surface area contributed by atoms with Gasteiger partial charge in [0, 0.05) is 11.0 Å². The van der Waals surface area contributed by atoms with Crippen molar-refractivity contribution in [2.45, 2.75) is 4.90 Å². The van der Waals surface area contributed by atoms with E-state index in [-0.39, 0.29) is 4.90 Å². The highest BCUT2D eigenvalue weighted by Crippen LogP contribution is 2.35. The summed E-state index contributed by atoms with van der Waals surface area (Å²) in [4.78, 5) is 11.9. The maximum Gasteiger partial charge on any atom is 0.199 e. The highest BCUT2D eigenvalue weighted by atomic mass is 32.2. The number of carbonyl (C=O) groups is 1. The lowest BCUT2D eigenvalue weighted by Gasteiger charge is -2.13. The summed E-state index contributed by atoms with van der Waals surface area (Å²) < 4.78 is 25.4.